The van der Waals surface area contributed by atoms with Gasteiger partial charge in [-0.05, 0) is 48.5 Å². The molecule has 0 aliphatic carbocycles. The minimum Gasteiger partial charge on any atom is -0.438 e. The van der Waals surface area contributed by atoms with Crippen molar-refractivity contribution in [3.63, 3.8) is 0 Å². The molecule has 1 aromatic carbocycles. The van der Waals surface area contributed by atoms with Crippen LogP contribution >= 0.6 is 0 Å². The molecule has 1 aliphatic rings. The zero-order valence-corrected chi connectivity index (χ0v) is 14.5. The highest BCUT2D eigenvalue weighted by Crippen LogP contribution is 2.26. The number of carbonyl (C=O) groups excluding carboxylic acids is 1. The fraction of sp³-hybridized carbons (Fsp3) is 0.0952. The van der Waals surface area contributed by atoms with Crippen LogP contribution in [0.3, 0.4) is 0 Å². The second-order valence-corrected chi connectivity index (χ2v) is 6.00. The van der Waals surface area contributed by atoms with Crippen LogP contribution in [0.5, 0.6) is 11.6 Å². The minimum atomic E-state index is -0.332. The van der Waals surface area contributed by atoms with Crippen LogP contribution in [0.15, 0.2) is 79.1 Å². The highest BCUT2D eigenvalue weighted by Gasteiger charge is 2.23. The average Bonchev–Trinajstić information content (AvgIpc) is 3.25. The molecule has 134 valence electrons. The van der Waals surface area contributed by atoms with Crippen LogP contribution in [0.25, 0.3) is 0 Å². The van der Waals surface area contributed by atoms with E-state index in [2.05, 4.69) is 20.6 Å². The number of rotatable bonds is 6. The first-order chi connectivity index (χ1) is 13.3. The van der Waals surface area contributed by atoms with E-state index < -0.39 is 0 Å². The van der Waals surface area contributed by atoms with E-state index in [1.807, 2.05) is 54.6 Å². The summed E-state index contributed by atoms with van der Waals surface area (Å²) in [5.74, 6) is 1.61. The summed E-state index contributed by atoms with van der Waals surface area (Å²) in [5, 5.41) is 6.33. The van der Waals surface area contributed by atoms with Crippen molar-refractivity contribution in [2.24, 2.45) is 0 Å². The predicted octanol–water partition coefficient (Wildman–Crippen LogP) is 3.72. The van der Waals surface area contributed by atoms with E-state index >= 15 is 0 Å². The molecule has 2 N–H and O–H groups in total. The van der Waals surface area contributed by atoms with E-state index in [9.17, 15) is 4.79 Å². The third kappa shape index (κ3) is 4.02. The molecule has 0 spiro atoms. The molecule has 2 aromatic heterocycles. The van der Waals surface area contributed by atoms with E-state index in [1.165, 1.54) is 0 Å². The molecule has 1 atom stereocenters. The van der Waals surface area contributed by atoms with Gasteiger partial charge in [0.05, 0.1) is 11.6 Å². The van der Waals surface area contributed by atoms with Gasteiger partial charge in [-0.25, -0.2) is 9.97 Å². The number of ketones is 1. The lowest BCUT2D eigenvalue weighted by molar-refractivity contribution is 0.0965. The molecule has 0 bridgehead atoms. The lowest BCUT2D eigenvalue weighted by Crippen LogP contribution is -2.31. The fourth-order valence-electron chi connectivity index (χ4n) is 2.78. The maximum Gasteiger partial charge on any atom is 0.230 e. The number of anilines is 2. The van der Waals surface area contributed by atoms with Gasteiger partial charge < -0.3 is 15.4 Å². The van der Waals surface area contributed by atoms with Crippen molar-refractivity contribution in [1.82, 2.24) is 15.3 Å². The zero-order chi connectivity index (χ0) is 18.5. The molecule has 1 aliphatic heterocycles. The molecular formula is C21H18N4O2. The summed E-state index contributed by atoms with van der Waals surface area (Å²) in [6.07, 6.45) is 7.14. The Hall–Kier alpha value is -3.51. The molecule has 0 saturated carbocycles. The van der Waals surface area contributed by atoms with E-state index in [-0.39, 0.29) is 11.8 Å². The second-order valence-electron chi connectivity index (χ2n) is 6.00. The molecular weight excluding hydrogens is 340 g/mol. The van der Waals surface area contributed by atoms with Crippen molar-refractivity contribution in [1.29, 1.82) is 0 Å². The van der Waals surface area contributed by atoms with Gasteiger partial charge in [-0.1, -0.05) is 18.2 Å². The van der Waals surface area contributed by atoms with E-state index in [4.69, 9.17) is 4.74 Å². The number of nitrogens with one attached hydrogen (secondary N) is 2. The van der Waals surface area contributed by atoms with Gasteiger partial charge in [0.15, 0.2) is 5.78 Å². The van der Waals surface area contributed by atoms with E-state index in [1.54, 1.807) is 24.5 Å². The monoisotopic (exact) mass is 358 g/mol. The maximum atomic E-state index is 12.7. The molecule has 0 fully saturated rings. The Morgan fingerprint density at radius 2 is 1.89 bits per heavy atom. The number of aromatic nitrogens is 2. The summed E-state index contributed by atoms with van der Waals surface area (Å²) < 4.78 is 5.87. The Bertz CT molecular complexity index is 955. The van der Waals surface area contributed by atoms with Crippen LogP contribution in [0.4, 0.5) is 11.5 Å². The zero-order valence-electron chi connectivity index (χ0n) is 14.5. The van der Waals surface area contributed by atoms with Crippen molar-refractivity contribution in [2.45, 2.75) is 6.04 Å². The van der Waals surface area contributed by atoms with Crippen LogP contribution in [-0.4, -0.2) is 28.3 Å². The number of carbonyl (C=O) groups is 1. The molecule has 0 radical (unpaired) electrons. The first-order valence-electron chi connectivity index (χ1n) is 8.65. The van der Waals surface area contributed by atoms with Gasteiger partial charge in [0, 0.05) is 24.6 Å². The first kappa shape index (κ1) is 16.9. The number of hydrogen-bond acceptors (Lipinski definition) is 6. The predicted molar refractivity (Wildman–Crippen MR) is 104 cm³/mol. The van der Waals surface area contributed by atoms with Gasteiger partial charge in [0.2, 0.25) is 5.88 Å². The Kier molecular flexibility index (Phi) is 4.89. The number of hydrogen-bond donors (Lipinski definition) is 2. The summed E-state index contributed by atoms with van der Waals surface area (Å²) in [7, 11) is 0. The Labute approximate surface area is 156 Å². The standard InChI is InChI=1S/C21H18N4O2/c26-20(18-6-4-13-22-18)17-5-3-14-24-21(17)27-16-10-8-15(9-11-16)25-19-7-1-2-12-23-19/h1-12,14,18,22H,13H2,(H,23,25). The van der Waals surface area contributed by atoms with Gasteiger partial charge in [0.25, 0.3) is 0 Å². The SMILES string of the molecule is O=C(c1cccnc1Oc1ccc(Nc2ccccn2)cc1)C1C=CCN1. The second kappa shape index (κ2) is 7.80. The van der Waals surface area contributed by atoms with Gasteiger partial charge >= 0.3 is 0 Å². The molecule has 1 unspecified atom stereocenters. The molecule has 3 aromatic rings. The smallest absolute Gasteiger partial charge is 0.230 e. The van der Waals surface area contributed by atoms with Crippen LogP contribution in [0.1, 0.15) is 10.4 Å². The Morgan fingerprint density at radius 3 is 2.63 bits per heavy atom. The van der Waals surface area contributed by atoms with Gasteiger partial charge in [0.1, 0.15) is 11.6 Å². The van der Waals surface area contributed by atoms with Crippen LogP contribution in [0, 0.1) is 0 Å². The fourth-order valence-corrected chi connectivity index (χ4v) is 2.78. The van der Waals surface area contributed by atoms with Crippen molar-refractivity contribution in [3.8, 4) is 11.6 Å². The Morgan fingerprint density at radius 1 is 1.04 bits per heavy atom. The number of benzene rings is 1. The molecule has 6 heteroatoms. The normalized spacial score (nSPS) is 15.5. The lowest BCUT2D eigenvalue weighted by Gasteiger charge is -2.12. The lowest BCUT2D eigenvalue weighted by atomic mass is 10.1. The maximum absolute atomic E-state index is 12.7. The topological polar surface area (TPSA) is 76.1 Å². The van der Waals surface area contributed by atoms with Crippen LogP contribution < -0.4 is 15.4 Å². The summed E-state index contributed by atoms with van der Waals surface area (Å²) in [4.78, 5) is 21.1. The van der Waals surface area contributed by atoms with E-state index in [0.717, 1.165) is 11.5 Å². The molecule has 3 heterocycles. The quantitative estimate of drug-likeness (QED) is 0.517. The number of Topliss-reactive ketones (excluding diaryl/α,β-unsaturated/α-hetero) is 1. The van der Waals surface area contributed by atoms with Crippen LogP contribution in [-0.2, 0) is 0 Å². The van der Waals surface area contributed by atoms with Crippen LogP contribution in [0.2, 0.25) is 0 Å². The van der Waals surface area contributed by atoms with Gasteiger partial charge in [-0.15, -0.1) is 0 Å². The molecule has 4 rings (SSSR count). The van der Waals surface area contributed by atoms with Crippen molar-refractivity contribution >= 4 is 17.3 Å². The molecule has 27 heavy (non-hydrogen) atoms. The van der Waals surface area contributed by atoms with Gasteiger partial charge in [-0.3, -0.25) is 4.79 Å². The largest absolute Gasteiger partial charge is 0.438 e. The minimum absolute atomic E-state index is 0.0553. The molecule has 6 nitrogen and oxygen atoms in total. The molecule has 0 amide bonds. The third-order valence-corrected chi connectivity index (χ3v) is 4.11. The third-order valence-electron chi connectivity index (χ3n) is 4.11. The van der Waals surface area contributed by atoms with Crippen molar-refractivity contribution < 1.29 is 9.53 Å². The first-order valence-corrected chi connectivity index (χ1v) is 8.65. The van der Waals surface area contributed by atoms with E-state index in [0.29, 0.717) is 23.7 Å². The average molecular weight is 358 g/mol. The number of pyridine rings is 2. The van der Waals surface area contributed by atoms with Crippen molar-refractivity contribution in [2.75, 3.05) is 11.9 Å². The highest BCUT2D eigenvalue weighted by molar-refractivity contribution is 6.03. The summed E-state index contributed by atoms with van der Waals surface area (Å²) in [6.45, 7) is 0.692. The summed E-state index contributed by atoms with van der Waals surface area (Å²) >= 11 is 0. The summed E-state index contributed by atoms with van der Waals surface area (Å²) in [6, 6.07) is 16.2. The summed E-state index contributed by atoms with van der Waals surface area (Å²) in [5.41, 5.74) is 1.34. The number of nitrogens with zero attached hydrogens (tertiary/aromatic N) is 2. The van der Waals surface area contributed by atoms with Crippen molar-refractivity contribution in [3.05, 3.63) is 84.7 Å². The highest BCUT2D eigenvalue weighted by atomic mass is 16.5. The van der Waals surface area contributed by atoms with Gasteiger partial charge in [-0.2, -0.15) is 0 Å². The number of ether oxygens (including phenoxy) is 1. The molecule has 0 saturated heterocycles. The Balaban J connectivity index is 1.49.